The first-order chi connectivity index (χ1) is 10.3. The number of hydrogen-bond donors (Lipinski definition) is 1. The maximum atomic E-state index is 13.1. The number of methoxy groups -OCH3 is 1. The van der Waals surface area contributed by atoms with Crippen molar-refractivity contribution >= 4 is 17.9 Å². The largest absolute Gasteiger partial charge is 0.478 e. The summed E-state index contributed by atoms with van der Waals surface area (Å²) in [5, 5.41) is 2.65. The fourth-order valence-electron chi connectivity index (χ4n) is 1.96. The molecule has 120 valence electrons. The standard InChI is InChI=1S/C14H14F3NO4/c1-18-10-5-8(12(20)21-2)9(14(15,16)17)6-11(10)22-13(7-19)3-4-13/h5-7,18H,3-4H2,1-2H3. The lowest BCUT2D eigenvalue weighted by Crippen LogP contribution is -2.21. The van der Waals surface area contributed by atoms with Gasteiger partial charge in [-0.1, -0.05) is 0 Å². The molecule has 1 aromatic rings. The van der Waals surface area contributed by atoms with Crippen LogP contribution in [0.3, 0.4) is 0 Å². The van der Waals surface area contributed by atoms with Crippen molar-refractivity contribution < 1.29 is 32.2 Å². The zero-order chi connectivity index (χ0) is 16.5. The molecule has 0 bridgehead atoms. The molecule has 0 saturated heterocycles. The van der Waals surface area contributed by atoms with Gasteiger partial charge >= 0.3 is 12.1 Å². The maximum absolute atomic E-state index is 13.1. The lowest BCUT2D eigenvalue weighted by Gasteiger charge is -2.19. The van der Waals surface area contributed by atoms with Crippen LogP contribution in [-0.2, 0) is 15.7 Å². The van der Waals surface area contributed by atoms with Crippen LogP contribution in [-0.4, -0.2) is 32.0 Å². The van der Waals surface area contributed by atoms with Crippen LogP contribution in [0, 0.1) is 0 Å². The number of halogens is 3. The van der Waals surface area contributed by atoms with Crippen LogP contribution in [0.5, 0.6) is 5.75 Å². The Labute approximate surface area is 124 Å². The van der Waals surface area contributed by atoms with Crippen molar-refractivity contribution in [3.8, 4) is 5.75 Å². The summed E-state index contributed by atoms with van der Waals surface area (Å²) in [5.41, 5.74) is -2.69. The van der Waals surface area contributed by atoms with Gasteiger partial charge in [-0.2, -0.15) is 13.2 Å². The van der Waals surface area contributed by atoms with Crippen molar-refractivity contribution in [1.29, 1.82) is 0 Å². The van der Waals surface area contributed by atoms with Gasteiger partial charge in [0.1, 0.15) is 5.75 Å². The molecule has 22 heavy (non-hydrogen) atoms. The molecule has 5 nitrogen and oxygen atoms in total. The molecule has 0 aromatic heterocycles. The van der Waals surface area contributed by atoms with Gasteiger partial charge in [-0.15, -0.1) is 0 Å². The molecule has 0 aliphatic heterocycles. The van der Waals surface area contributed by atoms with Crippen LogP contribution in [0.2, 0.25) is 0 Å². The first kappa shape index (κ1) is 16.1. The second kappa shape index (κ2) is 5.51. The Bertz CT molecular complexity index is 609. The molecule has 0 unspecified atom stereocenters. The minimum Gasteiger partial charge on any atom is -0.478 e. The highest BCUT2D eigenvalue weighted by Gasteiger charge is 2.46. The highest BCUT2D eigenvalue weighted by atomic mass is 19.4. The number of anilines is 1. The van der Waals surface area contributed by atoms with Crippen LogP contribution in [0.25, 0.3) is 0 Å². The van der Waals surface area contributed by atoms with Gasteiger partial charge in [0.25, 0.3) is 0 Å². The summed E-state index contributed by atoms with van der Waals surface area (Å²) in [4.78, 5) is 22.5. The minimum absolute atomic E-state index is 0.132. The average Bonchev–Trinajstić information content (AvgIpc) is 3.25. The number of benzene rings is 1. The minimum atomic E-state index is -4.76. The van der Waals surface area contributed by atoms with E-state index in [4.69, 9.17) is 4.74 Å². The van der Waals surface area contributed by atoms with E-state index in [9.17, 15) is 22.8 Å². The molecular formula is C14H14F3NO4. The van der Waals surface area contributed by atoms with Gasteiger partial charge in [0.05, 0.1) is 23.9 Å². The van der Waals surface area contributed by atoms with Gasteiger partial charge < -0.3 is 14.8 Å². The second-order valence-corrected chi connectivity index (χ2v) is 4.92. The molecule has 2 rings (SSSR count). The summed E-state index contributed by atoms with van der Waals surface area (Å²) in [6.45, 7) is 0. The molecule has 0 heterocycles. The van der Waals surface area contributed by atoms with Crippen molar-refractivity contribution in [3.05, 3.63) is 23.3 Å². The molecule has 1 saturated carbocycles. The maximum Gasteiger partial charge on any atom is 0.417 e. The van der Waals surface area contributed by atoms with E-state index in [1.807, 2.05) is 0 Å². The Morgan fingerprint density at radius 2 is 2.00 bits per heavy atom. The predicted octanol–water partition coefficient (Wildman–Crippen LogP) is 2.64. The Balaban J connectivity index is 2.54. The molecule has 0 radical (unpaired) electrons. The smallest absolute Gasteiger partial charge is 0.417 e. The molecule has 0 atom stereocenters. The molecule has 1 fully saturated rings. The third kappa shape index (κ3) is 3.00. The van der Waals surface area contributed by atoms with Crippen molar-refractivity contribution in [2.24, 2.45) is 0 Å². The van der Waals surface area contributed by atoms with Crippen LogP contribution in [0.15, 0.2) is 12.1 Å². The van der Waals surface area contributed by atoms with E-state index in [0.29, 0.717) is 25.2 Å². The third-order valence-corrected chi connectivity index (χ3v) is 3.37. The summed E-state index contributed by atoms with van der Waals surface area (Å²) in [6.07, 6.45) is -3.29. The second-order valence-electron chi connectivity index (χ2n) is 4.92. The van der Waals surface area contributed by atoms with E-state index in [1.165, 1.54) is 7.05 Å². The van der Waals surface area contributed by atoms with E-state index in [1.54, 1.807) is 0 Å². The molecule has 1 aliphatic rings. The van der Waals surface area contributed by atoms with Crippen molar-refractivity contribution in [2.45, 2.75) is 24.6 Å². The van der Waals surface area contributed by atoms with Crippen molar-refractivity contribution in [1.82, 2.24) is 0 Å². The number of ether oxygens (including phenoxy) is 2. The number of rotatable bonds is 5. The number of carbonyl (C=O) groups is 2. The van der Waals surface area contributed by atoms with Crippen LogP contribution < -0.4 is 10.1 Å². The lowest BCUT2D eigenvalue weighted by molar-refractivity contribution is -0.138. The van der Waals surface area contributed by atoms with Gasteiger partial charge in [0.2, 0.25) is 0 Å². The van der Waals surface area contributed by atoms with Crippen LogP contribution in [0.1, 0.15) is 28.8 Å². The van der Waals surface area contributed by atoms with E-state index >= 15 is 0 Å². The Hall–Kier alpha value is -2.25. The Morgan fingerprint density at radius 3 is 2.41 bits per heavy atom. The van der Waals surface area contributed by atoms with Crippen molar-refractivity contribution in [2.75, 3.05) is 19.5 Å². The molecule has 1 aromatic carbocycles. The number of esters is 1. The normalized spacial score (nSPS) is 15.9. The molecule has 1 N–H and O–H groups in total. The Kier molecular flexibility index (Phi) is 4.04. The zero-order valence-electron chi connectivity index (χ0n) is 11.9. The van der Waals surface area contributed by atoms with Gasteiger partial charge in [0, 0.05) is 7.05 Å². The number of alkyl halides is 3. The molecule has 1 aliphatic carbocycles. The average molecular weight is 317 g/mol. The highest BCUT2D eigenvalue weighted by Crippen LogP contribution is 2.44. The van der Waals surface area contributed by atoms with Gasteiger partial charge in [-0.25, -0.2) is 4.79 Å². The van der Waals surface area contributed by atoms with Crippen LogP contribution >= 0.6 is 0 Å². The number of hydrogen-bond acceptors (Lipinski definition) is 5. The van der Waals surface area contributed by atoms with E-state index in [2.05, 4.69) is 10.1 Å². The highest BCUT2D eigenvalue weighted by molar-refractivity contribution is 5.93. The zero-order valence-corrected chi connectivity index (χ0v) is 11.9. The van der Waals surface area contributed by atoms with Crippen molar-refractivity contribution in [3.63, 3.8) is 0 Å². The monoisotopic (exact) mass is 317 g/mol. The first-order valence-electron chi connectivity index (χ1n) is 6.43. The molecule has 8 heteroatoms. The quantitative estimate of drug-likeness (QED) is 0.668. The SMILES string of the molecule is CNc1cc(C(=O)OC)c(C(F)(F)F)cc1OC1(C=O)CC1. The topological polar surface area (TPSA) is 64.6 Å². The summed E-state index contributed by atoms with van der Waals surface area (Å²) < 4.78 is 49.2. The van der Waals surface area contributed by atoms with E-state index < -0.39 is 28.9 Å². The van der Waals surface area contributed by atoms with E-state index in [0.717, 1.165) is 13.2 Å². The number of nitrogens with one attached hydrogen (secondary N) is 1. The lowest BCUT2D eigenvalue weighted by atomic mass is 10.0. The van der Waals surface area contributed by atoms with Gasteiger partial charge in [0.15, 0.2) is 11.9 Å². The van der Waals surface area contributed by atoms with Crippen LogP contribution in [0.4, 0.5) is 18.9 Å². The Morgan fingerprint density at radius 1 is 1.36 bits per heavy atom. The number of aldehydes is 1. The molecule has 0 spiro atoms. The summed E-state index contributed by atoms with van der Waals surface area (Å²) >= 11 is 0. The van der Waals surface area contributed by atoms with Gasteiger partial charge in [-0.05, 0) is 25.0 Å². The molecule has 0 amide bonds. The van der Waals surface area contributed by atoms with Gasteiger partial charge in [-0.3, -0.25) is 4.79 Å². The predicted molar refractivity (Wildman–Crippen MR) is 71.0 cm³/mol. The fourth-order valence-corrected chi connectivity index (χ4v) is 1.96. The summed E-state index contributed by atoms with van der Waals surface area (Å²) in [6, 6.07) is 1.71. The summed E-state index contributed by atoms with van der Waals surface area (Å²) in [5.74, 6) is -1.24. The summed E-state index contributed by atoms with van der Waals surface area (Å²) in [7, 11) is 2.47. The van der Waals surface area contributed by atoms with E-state index in [-0.39, 0.29) is 11.4 Å². The number of carbonyl (C=O) groups excluding carboxylic acids is 2. The fraction of sp³-hybridized carbons (Fsp3) is 0.429. The molecular weight excluding hydrogens is 303 g/mol. The first-order valence-corrected chi connectivity index (χ1v) is 6.43. The third-order valence-electron chi connectivity index (χ3n) is 3.37.